The highest BCUT2D eigenvalue weighted by molar-refractivity contribution is 7.98. The number of hydrogen-bond donors (Lipinski definition) is 0. The zero-order valence-electron chi connectivity index (χ0n) is 11.1. The predicted octanol–water partition coefficient (Wildman–Crippen LogP) is 3.91. The molecule has 0 atom stereocenters. The Morgan fingerprint density at radius 2 is 2.22 bits per heavy atom. The fourth-order valence-corrected chi connectivity index (χ4v) is 3.02. The summed E-state index contributed by atoms with van der Waals surface area (Å²) in [6, 6.07) is 8.55. The average molecular weight is 260 g/mol. The van der Waals surface area contributed by atoms with E-state index in [4.69, 9.17) is 0 Å². The minimum atomic E-state index is 0.828. The minimum Gasteiger partial charge on any atom is -0.370 e. The molecule has 0 saturated heterocycles. The molecule has 0 spiro atoms. The van der Waals surface area contributed by atoms with Gasteiger partial charge >= 0.3 is 0 Å². The molecule has 0 radical (unpaired) electrons. The number of rotatable bonds is 5. The second-order valence-corrected chi connectivity index (χ2v) is 5.65. The van der Waals surface area contributed by atoms with E-state index < -0.39 is 0 Å². The maximum Gasteiger partial charge on any atom is 0.103 e. The second kappa shape index (κ2) is 6.15. The van der Waals surface area contributed by atoms with Gasteiger partial charge in [-0.1, -0.05) is 12.5 Å². The smallest absolute Gasteiger partial charge is 0.103 e. The van der Waals surface area contributed by atoms with Crippen LogP contribution >= 0.6 is 11.8 Å². The molecule has 96 valence electrons. The summed E-state index contributed by atoms with van der Waals surface area (Å²) in [7, 11) is 0. The topological polar surface area (TPSA) is 27.0 Å². The lowest BCUT2D eigenvalue weighted by atomic mass is 9.85. The third-order valence-electron chi connectivity index (χ3n) is 3.76. The van der Waals surface area contributed by atoms with Crippen molar-refractivity contribution in [2.45, 2.75) is 31.1 Å². The second-order valence-electron chi connectivity index (χ2n) is 4.80. The van der Waals surface area contributed by atoms with Crippen LogP contribution in [0.3, 0.4) is 0 Å². The quantitative estimate of drug-likeness (QED) is 0.751. The van der Waals surface area contributed by atoms with Gasteiger partial charge in [0.25, 0.3) is 0 Å². The van der Waals surface area contributed by atoms with Crippen molar-refractivity contribution < 1.29 is 0 Å². The third kappa shape index (κ3) is 2.64. The van der Waals surface area contributed by atoms with Gasteiger partial charge in [0.15, 0.2) is 0 Å². The zero-order valence-corrected chi connectivity index (χ0v) is 12.0. The van der Waals surface area contributed by atoms with Crippen molar-refractivity contribution in [2.75, 3.05) is 24.2 Å². The monoisotopic (exact) mass is 260 g/mol. The molecule has 1 aromatic carbocycles. The zero-order chi connectivity index (χ0) is 13.0. The van der Waals surface area contributed by atoms with Crippen LogP contribution < -0.4 is 4.90 Å². The number of benzene rings is 1. The van der Waals surface area contributed by atoms with E-state index in [0.717, 1.165) is 35.2 Å². The molecule has 1 saturated carbocycles. The first-order valence-corrected chi connectivity index (χ1v) is 7.84. The molecule has 1 fully saturated rings. The van der Waals surface area contributed by atoms with Crippen molar-refractivity contribution in [3.8, 4) is 6.07 Å². The molecule has 2 rings (SSSR count). The minimum absolute atomic E-state index is 0.828. The van der Waals surface area contributed by atoms with Crippen LogP contribution in [0.5, 0.6) is 0 Å². The maximum absolute atomic E-state index is 9.39. The van der Waals surface area contributed by atoms with Crippen molar-refractivity contribution in [1.82, 2.24) is 0 Å². The van der Waals surface area contributed by atoms with E-state index in [1.807, 2.05) is 12.3 Å². The molecule has 0 aromatic heterocycles. The van der Waals surface area contributed by atoms with Gasteiger partial charge in [-0.25, -0.2) is 0 Å². The molecule has 0 heterocycles. The van der Waals surface area contributed by atoms with Gasteiger partial charge < -0.3 is 4.90 Å². The Morgan fingerprint density at radius 3 is 2.72 bits per heavy atom. The highest BCUT2D eigenvalue weighted by Gasteiger charge is 2.22. The third-order valence-corrected chi connectivity index (χ3v) is 4.54. The van der Waals surface area contributed by atoms with Crippen LogP contribution in [-0.2, 0) is 0 Å². The number of anilines is 1. The van der Waals surface area contributed by atoms with Gasteiger partial charge in [-0.3, -0.25) is 0 Å². The van der Waals surface area contributed by atoms with Crippen molar-refractivity contribution in [1.29, 1.82) is 5.26 Å². The molecule has 0 bridgehead atoms. The van der Waals surface area contributed by atoms with Gasteiger partial charge in [0.1, 0.15) is 6.07 Å². The van der Waals surface area contributed by atoms with Gasteiger partial charge in [0.2, 0.25) is 0 Å². The summed E-state index contributed by atoms with van der Waals surface area (Å²) in [5, 5.41) is 9.39. The normalized spacial score (nSPS) is 14.9. The molecule has 0 N–H and O–H groups in total. The summed E-state index contributed by atoms with van der Waals surface area (Å²) in [5.74, 6) is 0.828. The highest BCUT2D eigenvalue weighted by Crippen LogP contribution is 2.32. The largest absolute Gasteiger partial charge is 0.370 e. The van der Waals surface area contributed by atoms with E-state index in [0.29, 0.717) is 0 Å². The summed E-state index contributed by atoms with van der Waals surface area (Å²) in [6.07, 6.45) is 6.10. The molecular formula is C15H20N2S. The van der Waals surface area contributed by atoms with Crippen LogP contribution in [-0.4, -0.2) is 19.3 Å². The van der Waals surface area contributed by atoms with E-state index >= 15 is 0 Å². The molecular weight excluding hydrogens is 240 g/mol. The molecule has 1 aliphatic rings. The molecule has 0 amide bonds. The van der Waals surface area contributed by atoms with E-state index in [9.17, 15) is 5.26 Å². The fourth-order valence-electron chi connectivity index (χ4n) is 2.45. The van der Waals surface area contributed by atoms with Crippen LogP contribution in [0.25, 0.3) is 0 Å². The number of thioether (sulfide) groups is 1. The predicted molar refractivity (Wildman–Crippen MR) is 78.2 cm³/mol. The van der Waals surface area contributed by atoms with Crippen LogP contribution in [0, 0.1) is 17.2 Å². The van der Waals surface area contributed by atoms with Crippen LogP contribution in [0.4, 0.5) is 5.69 Å². The van der Waals surface area contributed by atoms with Gasteiger partial charge in [0.05, 0.1) is 11.3 Å². The van der Waals surface area contributed by atoms with Gasteiger partial charge in [-0.05, 0) is 44.1 Å². The Hall–Kier alpha value is -1.14. The van der Waals surface area contributed by atoms with E-state index in [2.05, 4.69) is 30.0 Å². The maximum atomic E-state index is 9.39. The standard InChI is InChI=1S/C15H20N2S/c1-3-17(11-12-6-4-7-12)14-8-5-9-15(18-2)13(14)10-16/h5,8-9,12H,3-4,6-7,11H2,1-2H3. The fraction of sp³-hybridized carbons (Fsp3) is 0.533. The molecule has 1 aliphatic carbocycles. The highest BCUT2D eigenvalue weighted by atomic mass is 32.2. The van der Waals surface area contributed by atoms with E-state index in [1.54, 1.807) is 11.8 Å². The number of nitrogens with zero attached hydrogens (tertiary/aromatic N) is 2. The van der Waals surface area contributed by atoms with E-state index in [-0.39, 0.29) is 0 Å². The Bertz CT molecular complexity index is 446. The van der Waals surface area contributed by atoms with Gasteiger partial charge in [0, 0.05) is 18.0 Å². The van der Waals surface area contributed by atoms with Crippen LogP contribution in [0.1, 0.15) is 31.7 Å². The van der Waals surface area contributed by atoms with E-state index in [1.165, 1.54) is 19.3 Å². The Kier molecular flexibility index (Phi) is 4.54. The Labute approximate surface area is 114 Å². The van der Waals surface area contributed by atoms with Crippen molar-refractivity contribution in [3.05, 3.63) is 23.8 Å². The van der Waals surface area contributed by atoms with Crippen molar-refractivity contribution in [2.24, 2.45) is 5.92 Å². The Balaban J connectivity index is 2.26. The lowest BCUT2D eigenvalue weighted by molar-refractivity contribution is 0.318. The first-order valence-electron chi connectivity index (χ1n) is 6.62. The first kappa shape index (κ1) is 13.3. The van der Waals surface area contributed by atoms with Gasteiger partial charge in [-0.2, -0.15) is 5.26 Å². The van der Waals surface area contributed by atoms with Crippen molar-refractivity contribution in [3.63, 3.8) is 0 Å². The lowest BCUT2D eigenvalue weighted by Gasteiger charge is -2.33. The molecule has 2 nitrogen and oxygen atoms in total. The molecule has 18 heavy (non-hydrogen) atoms. The Morgan fingerprint density at radius 1 is 1.44 bits per heavy atom. The average Bonchev–Trinajstić information content (AvgIpc) is 2.37. The van der Waals surface area contributed by atoms with Crippen LogP contribution in [0.15, 0.2) is 23.1 Å². The number of nitriles is 1. The summed E-state index contributed by atoms with van der Waals surface area (Å²) < 4.78 is 0. The lowest BCUT2D eigenvalue weighted by Crippen LogP contribution is -2.32. The van der Waals surface area contributed by atoms with Crippen molar-refractivity contribution >= 4 is 17.4 Å². The SMILES string of the molecule is CCN(CC1CCC1)c1cccc(SC)c1C#N. The van der Waals surface area contributed by atoms with Crippen LogP contribution in [0.2, 0.25) is 0 Å². The summed E-state index contributed by atoms with van der Waals surface area (Å²) in [4.78, 5) is 3.45. The summed E-state index contributed by atoms with van der Waals surface area (Å²) >= 11 is 1.65. The molecule has 0 aliphatic heterocycles. The first-order chi connectivity index (χ1) is 8.80. The summed E-state index contributed by atoms with van der Waals surface area (Å²) in [6.45, 7) is 4.25. The number of hydrogen-bond acceptors (Lipinski definition) is 3. The summed E-state index contributed by atoms with van der Waals surface area (Å²) in [5.41, 5.74) is 1.95. The molecule has 0 unspecified atom stereocenters. The molecule has 3 heteroatoms. The molecule has 1 aromatic rings. The van der Waals surface area contributed by atoms with Gasteiger partial charge in [-0.15, -0.1) is 11.8 Å².